The fourth-order valence-electron chi connectivity index (χ4n) is 3.62. The van der Waals surface area contributed by atoms with Crippen LogP contribution in [-0.2, 0) is 0 Å². The SMILES string of the molecule is Cc1cc(C)cc(N2C(=O)c3ccccc3N[C@@H]2c2ccc([N+](=O)[O-])cc2)c1. The Morgan fingerprint density at radius 2 is 1.61 bits per heavy atom. The summed E-state index contributed by atoms with van der Waals surface area (Å²) < 4.78 is 0. The van der Waals surface area contributed by atoms with Crippen molar-refractivity contribution < 1.29 is 9.72 Å². The number of nitro benzene ring substituents is 1. The second-order valence-corrected chi connectivity index (χ2v) is 6.96. The van der Waals surface area contributed by atoms with Crippen molar-refractivity contribution in [3.8, 4) is 0 Å². The van der Waals surface area contributed by atoms with Crippen LogP contribution in [-0.4, -0.2) is 10.8 Å². The number of para-hydroxylation sites is 1. The van der Waals surface area contributed by atoms with E-state index < -0.39 is 11.1 Å². The number of carbonyl (C=O) groups is 1. The summed E-state index contributed by atoms with van der Waals surface area (Å²) in [5.74, 6) is -0.109. The molecule has 6 heteroatoms. The third-order valence-corrected chi connectivity index (χ3v) is 4.83. The predicted molar refractivity (Wildman–Crippen MR) is 109 cm³/mol. The van der Waals surface area contributed by atoms with Crippen LogP contribution in [0.25, 0.3) is 0 Å². The number of hydrogen-bond acceptors (Lipinski definition) is 4. The lowest BCUT2D eigenvalue weighted by atomic mass is 10.0. The molecule has 1 N–H and O–H groups in total. The molecule has 0 saturated carbocycles. The van der Waals surface area contributed by atoms with Gasteiger partial charge in [-0.1, -0.05) is 18.2 Å². The molecule has 140 valence electrons. The summed E-state index contributed by atoms with van der Waals surface area (Å²) in [6, 6.07) is 19.7. The van der Waals surface area contributed by atoms with Gasteiger partial charge in [-0.3, -0.25) is 19.8 Å². The fraction of sp³-hybridized carbons (Fsp3) is 0.136. The lowest BCUT2D eigenvalue weighted by Crippen LogP contribution is -2.43. The van der Waals surface area contributed by atoms with Crippen molar-refractivity contribution in [2.75, 3.05) is 10.2 Å². The highest BCUT2D eigenvalue weighted by molar-refractivity contribution is 6.12. The van der Waals surface area contributed by atoms with Crippen LogP contribution in [0.5, 0.6) is 0 Å². The quantitative estimate of drug-likeness (QED) is 0.519. The predicted octanol–water partition coefficient (Wildman–Crippen LogP) is 4.98. The Kier molecular flexibility index (Phi) is 4.31. The largest absolute Gasteiger partial charge is 0.360 e. The molecule has 1 aliphatic rings. The molecule has 1 heterocycles. The van der Waals surface area contributed by atoms with Gasteiger partial charge in [0.05, 0.1) is 10.5 Å². The Morgan fingerprint density at radius 1 is 0.964 bits per heavy atom. The number of anilines is 2. The first-order valence-electron chi connectivity index (χ1n) is 8.96. The summed E-state index contributed by atoms with van der Waals surface area (Å²) in [5.41, 5.74) is 5.04. The highest BCUT2D eigenvalue weighted by Crippen LogP contribution is 2.37. The van der Waals surface area contributed by atoms with E-state index in [2.05, 4.69) is 11.4 Å². The van der Waals surface area contributed by atoms with Crippen molar-refractivity contribution in [1.82, 2.24) is 0 Å². The van der Waals surface area contributed by atoms with E-state index in [0.29, 0.717) is 5.56 Å². The molecular formula is C22H19N3O3. The fourth-order valence-corrected chi connectivity index (χ4v) is 3.62. The number of hydrogen-bond donors (Lipinski definition) is 1. The van der Waals surface area contributed by atoms with Crippen molar-refractivity contribution in [2.45, 2.75) is 20.0 Å². The third-order valence-electron chi connectivity index (χ3n) is 4.83. The summed E-state index contributed by atoms with van der Waals surface area (Å²) in [6.07, 6.45) is -0.468. The van der Waals surface area contributed by atoms with Gasteiger partial charge in [0.15, 0.2) is 0 Å². The van der Waals surface area contributed by atoms with Gasteiger partial charge in [0.2, 0.25) is 0 Å². The Bertz CT molecular complexity index is 1060. The number of nitrogens with one attached hydrogen (secondary N) is 1. The van der Waals surface area contributed by atoms with Gasteiger partial charge in [-0.15, -0.1) is 0 Å². The lowest BCUT2D eigenvalue weighted by molar-refractivity contribution is -0.384. The molecule has 28 heavy (non-hydrogen) atoms. The topological polar surface area (TPSA) is 75.5 Å². The molecule has 3 aromatic carbocycles. The third kappa shape index (κ3) is 3.09. The van der Waals surface area contributed by atoms with Gasteiger partial charge in [-0.25, -0.2) is 0 Å². The molecule has 0 saturated heterocycles. The number of aryl methyl sites for hydroxylation is 2. The van der Waals surface area contributed by atoms with Crippen LogP contribution in [0.1, 0.15) is 33.2 Å². The summed E-state index contributed by atoms with van der Waals surface area (Å²) in [6.45, 7) is 3.99. The van der Waals surface area contributed by atoms with Crippen molar-refractivity contribution in [3.05, 3.63) is 99.1 Å². The molecule has 1 atom stereocenters. The number of amides is 1. The Hall–Kier alpha value is -3.67. The Balaban J connectivity index is 1.85. The zero-order chi connectivity index (χ0) is 19.8. The molecular weight excluding hydrogens is 354 g/mol. The number of non-ortho nitro benzene ring substituents is 1. The normalized spacial score (nSPS) is 15.7. The van der Waals surface area contributed by atoms with E-state index in [1.165, 1.54) is 12.1 Å². The molecule has 0 unspecified atom stereocenters. The second kappa shape index (κ2) is 6.81. The van der Waals surface area contributed by atoms with Crippen LogP contribution in [0.2, 0.25) is 0 Å². The minimum absolute atomic E-state index is 0.0178. The number of fused-ring (bicyclic) bond motifs is 1. The number of nitrogens with zero attached hydrogens (tertiary/aromatic N) is 2. The molecule has 0 fully saturated rings. The zero-order valence-corrected chi connectivity index (χ0v) is 15.5. The van der Waals surface area contributed by atoms with E-state index in [1.807, 2.05) is 44.2 Å². The van der Waals surface area contributed by atoms with Crippen LogP contribution < -0.4 is 10.2 Å². The van der Waals surface area contributed by atoms with E-state index in [1.54, 1.807) is 23.1 Å². The van der Waals surface area contributed by atoms with E-state index in [9.17, 15) is 14.9 Å². The molecule has 3 aromatic rings. The van der Waals surface area contributed by atoms with Gasteiger partial charge in [0, 0.05) is 23.5 Å². The van der Waals surface area contributed by atoms with Gasteiger partial charge < -0.3 is 5.32 Å². The summed E-state index contributed by atoms with van der Waals surface area (Å²) >= 11 is 0. The van der Waals surface area contributed by atoms with Crippen molar-refractivity contribution >= 4 is 23.0 Å². The number of rotatable bonds is 3. The van der Waals surface area contributed by atoms with Crippen LogP contribution in [0, 0.1) is 24.0 Å². The van der Waals surface area contributed by atoms with E-state index >= 15 is 0 Å². The summed E-state index contributed by atoms with van der Waals surface area (Å²) in [5, 5.41) is 14.4. The van der Waals surface area contributed by atoms with Crippen LogP contribution >= 0.6 is 0 Å². The lowest BCUT2D eigenvalue weighted by Gasteiger charge is -2.38. The van der Waals surface area contributed by atoms with Gasteiger partial charge in [0.1, 0.15) is 6.17 Å². The first kappa shape index (κ1) is 17.7. The number of carbonyl (C=O) groups excluding carboxylic acids is 1. The molecule has 0 aliphatic carbocycles. The van der Waals surface area contributed by atoms with Gasteiger partial charge in [-0.2, -0.15) is 0 Å². The number of nitro groups is 1. The molecule has 6 nitrogen and oxygen atoms in total. The van der Waals surface area contributed by atoms with Gasteiger partial charge in [-0.05, 0) is 66.9 Å². The van der Waals surface area contributed by atoms with Crippen LogP contribution in [0.15, 0.2) is 66.7 Å². The highest BCUT2D eigenvalue weighted by Gasteiger charge is 2.34. The second-order valence-electron chi connectivity index (χ2n) is 6.96. The maximum atomic E-state index is 13.4. The van der Waals surface area contributed by atoms with Crippen molar-refractivity contribution in [2.24, 2.45) is 0 Å². The van der Waals surface area contributed by atoms with E-state index in [4.69, 9.17) is 0 Å². The average molecular weight is 373 g/mol. The van der Waals surface area contributed by atoms with Crippen LogP contribution in [0.3, 0.4) is 0 Å². The minimum Gasteiger partial charge on any atom is -0.360 e. The smallest absolute Gasteiger partial charge is 0.269 e. The Labute approximate surface area is 162 Å². The van der Waals surface area contributed by atoms with Gasteiger partial charge >= 0.3 is 0 Å². The first-order chi connectivity index (χ1) is 13.4. The summed E-state index contributed by atoms with van der Waals surface area (Å²) in [7, 11) is 0. The Morgan fingerprint density at radius 3 is 2.25 bits per heavy atom. The molecule has 0 bridgehead atoms. The molecule has 0 radical (unpaired) electrons. The van der Waals surface area contributed by atoms with E-state index in [0.717, 1.165) is 28.1 Å². The first-order valence-corrected chi connectivity index (χ1v) is 8.96. The van der Waals surface area contributed by atoms with Crippen LogP contribution in [0.4, 0.5) is 17.1 Å². The van der Waals surface area contributed by atoms with Crippen molar-refractivity contribution in [3.63, 3.8) is 0 Å². The average Bonchev–Trinajstić information content (AvgIpc) is 2.67. The van der Waals surface area contributed by atoms with Gasteiger partial charge in [0.25, 0.3) is 11.6 Å². The maximum Gasteiger partial charge on any atom is 0.269 e. The maximum absolute atomic E-state index is 13.4. The molecule has 0 spiro atoms. The molecule has 1 aliphatic heterocycles. The molecule has 1 amide bonds. The highest BCUT2D eigenvalue weighted by atomic mass is 16.6. The van der Waals surface area contributed by atoms with E-state index in [-0.39, 0.29) is 11.6 Å². The standard InChI is InChI=1S/C22H19N3O3/c1-14-11-15(2)13-18(12-14)24-21(16-7-9-17(10-8-16)25(27)28)23-20-6-4-3-5-19(20)22(24)26/h3-13,21,23H,1-2H3/t21-/m0/s1. The summed E-state index contributed by atoms with van der Waals surface area (Å²) in [4.78, 5) is 25.6. The zero-order valence-electron chi connectivity index (χ0n) is 15.5. The molecule has 4 rings (SSSR count). The number of benzene rings is 3. The monoisotopic (exact) mass is 373 g/mol. The molecule has 0 aromatic heterocycles. The van der Waals surface area contributed by atoms with Crippen molar-refractivity contribution in [1.29, 1.82) is 0 Å². The minimum atomic E-state index is -0.468.